The molecule has 1 aliphatic heterocycles. The van der Waals surface area contributed by atoms with Gasteiger partial charge in [0.2, 0.25) is 0 Å². The second-order valence-electron chi connectivity index (χ2n) is 7.60. The van der Waals surface area contributed by atoms with E-state index >= 15 is 0 Å². The monoisotopic (exact) mass is 399 g/mol. The van der Waals surface area contributed by atoms with E-state index in [1.54, 1.807) is 31.4 Å². The van der Waals surface area contributed by atoms with Gasteiger partial charge < -0.3 is 20.4 Å². The second kappa shape index (κ2) is 6.53. The maximum absolute atomic E-state index is 13.9. The van der Waals surface area contributed by atoms with Crippen LogP contribution in [0.2, 0.25) is 0 Å². The summed E-state index contributed by atoms with van der Waals surface area (Å²) in [5.41, 5.74) is 9.86. The van der Waals surface area contributed by atoms with Crippen LogP contribution < -0.4 is 5.73 Å². The van der Waals surface area contributed by atoms with Crippen LogP contribution in [0.15, 0.2) is 35.2 Å². The minimum Gasteiger partial charge on any atom is -0.398 e. The van der Waals surface area contributed by atoms with E-state index in [0.717, 1.165) is 22.3 Å². The van der Waals surface area contributed by atoms with Crippen LogP contribution in [0.4, 0.5) is 10.1 Å². The molecule has 1 atom stereocenters. The molecule has 146 valence electrons. The van der Waals surface area contributed by atoms with Crippen LogP contribution in [-0.2, 0) is 21.0 Å². The number of nitrogens with zero attached hydrogens (tertiary/aromatic N) is 1. The summed E-state index contributed by atoms with van der Waals surface area (Å²) < 4.78 is 34.2. The fraction of sp³-hybridized carbons (Fsp3) is 0.286. The van der Waals surface area contributed by atoms with Gasteiger partial charge in [-0.15, -0.1) is 0 Å². The molecule has 0 saturated carbocycles. The first-order valence-electron chi connectivity index (χ1n) is 8.93. The smallest absolute Gasteiger partial charge is 0.126 e. The van der Waals surface area contributed by atoms with Gasteiger partial charge in [-0.05, 0) is 49.7 Å². The first-order valence-corrected chi connectivity index (χ1v) is 10.5. The average molecular weight is 399 g/mol. The number of fused-ring (bicyclic) bond motifs is 1. The lowest BCUT2D eigenvalue weighted by molar-refractivity contribution is -0.0539. The number of rotatable bonds is 4. The number of nitrogen functional groups attached to an aromatic ring is 1. The fourth-order valence-corrected chi connectivity index (χ4v) is 4.96. The summed E-state index contributed by atoms with van der Waals surface area (Å²) in [5, 5.41) is 8.45. The molecule has 7 heteroatoms. The maximum Gasteiger partial charge on any atom is 0.126 e. The van der Waals surface area contributed by atoms with Crippen molar-refractivity contribution in [2.75, 3.05) is 25.2 Å². The summed E-state index contributed by atoms with van der Waals surface area (Å²) in [6.45, 7) is 4.83. The number of ether oxygens (including phenoxy) is 1. The number of aryl methyl sites for hydroxylation is 1. The van der Waals surface area contributed by atoms with Gasteiger partial charge in [0.15, 0.2) is 0 Å². The van der Waals surface area contributed by atoms with Crippen molar-refractivity contribution in [2.45, 2.75) is 24.2 Å². The molecule has 1 aliphatic rings. The molecule has 0 aliphatic carbocycles. The summed E-state index contributed by atoms with van der Waals surface area (Å²) in [5.74, 6) is -0.274. The van der Waals surface area contributed by atoms with Crippen LogP contribution in [0.3, 0.4) is 0 Å². The topological polar surface area (TPSA) is 81.1 Å². The van der Waals surface area contributed by atoms with Gasteiger partial charge in [-0.3, -0.25) is 4.21 Å². The number of nitrogens with one attached hydrogen (secondary N) is 1. The molecule has 0 spiro atoms. The average Bonchev–Trinajstić information content (AvgIpc) is 2.95. The highest BCUT2D eigenvalue weighted by Gasteiger charge is 2.42. The van der Waals surface area contributed by atoms with E-state index in [9.17, 15) is 8.60 Å². The van der Waals surface area contributed by atoms with E-state index in [1.807, 2.05) is 10.6 Å². The van der Waals surface area contributed by atoms with Gasteiger partial charge in [-0.1, -0.05) is 0 Å². The Balaban J connectivity index is 2.19. The number of halogens is 1. The van der Waals surface area contributed by atoms with Gasteiger partial charge >= 0.3 is 0 Å². The van der Waals surface area contributed by atoms with Crippen molar-refractivity contribution in [3.63, 3.8) is 0 Å². The molecule has 2 heterocycles. The fourth-order valence-electron chi connectivity index (χ4n) is 3.88. The Morgan fingerprint density at radius 1 is 1.32 bits per heavy atom. The Kier molecular flexibility index (Phi) is 4.39. The summed E-state index contributed by atoms with van der Waals surface area (Å²) in [4.78, 5) is 0.714. The molecular weight excluding hydrogens is 377 g/mol. The second-order valence-corrected chi connectivity index (χ2v) is 8.91. The first-order chi connectivity index (χ1) is 13.3. The zero-order valence-electron chi connectivity index (χ0n) is 16.0. The van der Waals surface area contributed by atoms with E-state index in [2.05, 4.69) is 6.92 Å². The standard InChI is InChI=1S/C21H22FN3O2S/c1-12-6-14(4-5-16(12)22)25-18-7-13(9-23)17(24)8-15(18)19(28(3)26)20(25)21(2)10-27-11-21/h4-9,23H,10-11,24H2,1-3H3. The predicted octanol–water partition coefficient (Wildman–Crippen LogP) is 3.68. The highest BCUT2D eigenvalue weighted by molar-refractivity contribution is 7.84. The Morgan fingerprint density at radius 2 is 2.04 bits per heavy atom. The zero-order chi connectivity index (χ0) is 20.2. The first kappa shape index (κ1) is 18.8. The Hall–Kier alpha value is -2.51. The lowest BCUT2D eigenvalue weighted by Gasteiger charge is -2.39. The highest BCUT2D eigenvalue weighted by atomic mass is 32.2. The van der Waals surface area contributed by atoms with Crippen LogP contribution in [0, 0.1) is 18.2 Å². The van der Waals surface area contributed by atoms with Crippen LogP contribution in [0.5, 0.6) is 0 Å². The number of benzene rings is 2. The SMILES string of the molecule is Cc1cc(-n2c(C3(C)COC3)c(S(C)=O)c3cc(N)c(C=N)cc32)ccc1F. The minimum atomic E-state index is -1.27. The normalized spacial score (nSPS) is 16.7. The Labute approximate surface area is 165 Å². The van der Waals surface area contributed by atoms with Gasteiger partial charge in [0.1, 0.15) is 5.82 Å². The summed E-state index contributed by atoms with van der Waals surface area (Å²) in [6, 6.07) is 8.56. The number of hydrogen-bond acceptors (Lipinski definition) is 4. The van der Waals surface area contributed by atoms with E-state index in [4.69, 9.17) is 15.9 Å². The van der Waals surface area contributed by atoms with E-state index in [-0.39, 0.29) is 11.2 Å². The third kappa shape index (κ3) is 2.69. The molecule has 4 rings (SSSR count). The van der Waals surface area contributed by atoms with Crippen molar-refractivity contribution in [3.05, 3.63) is 53.0 Å². The summed E-state index contributed by atoms with van der Waals surface area (Å²) in [7, 11) is -1.27. The van der Waals surface area contributed by atoms with Crippen LogP contribution >= 0.6 is 0 Å². The third-order valence-corrected chi connectivity index (χ3v) is 6.37. The molecule has 3 N–H and O–H groups in total. The van der Waals surface area contributed by atoms with Crippen molar-refractivity contribution < 1.29 is 13.3 Å². The molecule has 0 bridgehead atoms. The van der Waals surface area contributed by atoms with Gasteiger partial charge in [0.05, 0.1) is 45.5 Å². The predicted molar refractivity (Wildman–Crippen MR) is 111 cm³/mol. The molecule has 1 fully saturated rings. The summed E-state index contributed by atoms with van der Waals surface area (Å²) >= 11 is 0. The largest absolute Gasteiger partial charge is 0.398 e. The van der Waals surface area contributed by atoms with Crippen LogP contribution in [-0.4, -0.2) is 34.5 Å². The molecule has 1 aromatic heterocycles. The van der Waals surface area contributed by atoms with Crippen molar-refractivity contribution in [3.8, 4) is 5.69 Å². The van der Waals surface area contributed by atoms with Gasteiger partial charge in [-0.2, -0.15) is 0 Å². The summed E-state index contributed by atoms with van der Waals surface area (Å²) in [6.07, 6.45) is 2.86. The van der Waals surface area contributed by atoms with Gasteiger partial charge in [-0.25, -0.2) is 4.39 Å². The van der Waals surface area contributed by atoms with E-state index in [1.165, 1.54) is 12.3 Å². The Morgan fingerprint density at radius 3 is 2.57 bits per heavy atom. The molecule has 0 radical (unpaired) electrons. The van der Waals surface area contributed by atoms with Crippen LogP contribution in [0.1, 0.15) is 23.7 Å². The third-order valence-electron chi connectivity index (χ3n) is 5.38. The molecular formula is C21H22FN3O2S. The Bertz CT molecular complexity index is 1150. The van der Waals surface area contributed by atoms with Gasteiger partial charge in [0, 0.05) is 34.8 Å². The van der Waals surface area contributed by atoms with E-state index in [0.29, 0.717) is 34.9 Å². The minimum absolute atomic E-state index is 0.274. The molecule has 3 aromatic rings. The highest BCUT2D eigenvalue weighted by Crippen LogP contribution is 2.43. The molecule has 5 nitrogen and oxygen atoms in total. The maximum atomic E-state index is 13.9. The quantitative estimate of drug-likeness (QED) is 0.519. The lowest BCUT2D eigenvalue weighted by Crippen LogP contribution is -2.45. The van der Waals surface area contributed by atoms with Gasteiger partial charge in [0.25, 0.3) is 0 Å². The number of hydrogen-bond donors (Lipinski definition) is 2. The van der Waals surface area contributed by atoms with Crippen molar-refractivity contribution in [1.29, 1.82) is 5.41 Å². The number of aromatic nitrogens is 1. The molecule has 1 unspecified atom stereocenters. The van der Waals surface area contributed by atoms with Crippen molar-refractivity contribution in [1.82, 2.24) is 4.57 Å². The molecule has 2 aromatic carbocycles. The molecule has 1 saturated heterocycles. The number of anilines is 1. The molecule has 0 amide bonds. The number of nitrogens with two attached hydrogens (primary N) is 1. The van der Waals surface area contributed by atoms with E-state index < -0.39 is 10.8 Å². The lowest BCUT2D eigenvalue weighted by atomic mass is 9.84. The van der Waals surface area contributed by atoms with Crippen LogP contribution in [0.25, 0.3) is 16.6 Å². The molecule has 28 heavy (non-hydrogen) atoms. The zero-order valence-corrected chi connectivity index (χ0v) is 16.8. The van der Waals surface area contributed by atoms with Crippen molar-refractivity contribution >= 4 is 33.6 Å². The van der Waals surface area contributed by atoms with Crippen molar-refractivity contribution in [2.24, 2.45) is 0 Å².